The third kappa shape index (κ3) is 2.18. The van der Waals surface area contributed by atoms with E-state index >= 15 is 0 Å². The van der Waals surface area contributed by atoms with Gasteiger partial charge in [0.05, 0.1) is 0 Å². The molecule has 0 aromatic heterocycles. The van der Waals surface area contributed by atoms with Crippen LogP contribution in [0.2, 0.25) is 0 Å². The smallest absolute Gasteiger partial charge is 0.155 e. The van der Waals surface area contributed by atoms with Crippen molar-refractivity contribution in [2.75, 3.05) is 0 Å². The lowest BCUT2D eigenvalue weighted by molar-refractivity contribution is -0.116. The predicted octanol–water partition coefficient (Wildman–Crippen LogP) is 2.57. The summed E-state index contributed by atoms with van der Waals surface area (Å²) in [5.41, 5.74) is 0. The summed E-state index contributed by atoms with van der Waals surface area (Å²) in [6.07, 6.45) is 6.79. The van der Waals surface area contributed by atoms with Crippen LogP contribution in [0, 0.1) is 11.8 Å². The zero-order valence-electron chi connectivity index (χ0n) is 7.34. The van der Waals surface area contributed by atoms with Crippen LogP contribution in [0.25, 0.3) is 0 Å². The minimum Gasteiger partial charge on any atom is -0.295 e. The van der Waals surface area contributed by atoms with Crippen LogP contribution >= 0.6 is 0 Å². The van der Waals surface area contributed by atoms with Gasteiger partial charge in [0.25, 0.3) is 0 Å². The van der Waals surface area contributed by atoms with Gasteiger partial charge in [-0.1, -0.05) is 26.3 Å². The quantitative estimate of drug-likeness (QED) is 0.594. The van der Waals surface area contributed by atoms with Crippen molar-refractivity contribution in [3.63, 3.8) is 0 Å². The molecule has 1 rings (SSSR count). The number of rotatable bonds is 2. The molecule has 0 saturated heterocycles. The van der Waals surface area contributed by atoms with Gasteiger partial charge < -0.3 is 0 Å². The van der Waals surface area contributed by atoms with Gasteiger partial charge in [-0.3, -0.25) is 4.79 Å². The molecule has 0 saturated carbocycles. The molecule has 1 nitrogen and oxygen atoms in total. The zero-order chi connectivity index (χ0) is 8.27. The molecule has 1 aliphatic carbocycles. The van der Waals surface area contributed by atoms with E-state index in [1.807, 2.05) is 6.08 Å². The zero-order valence-corrected chi connectivity index (χ0v) is 7.34. The maximum absolute atomic E-state index is 11.0. The first kappa shape index (κ1) is 8.51. The first-order valence-corrected chi connectivity index (χ1v) is 4.43. The Morgan fingerprint density at radius 1 is 1.73 bits per heavy atom. The summed E-state index contributed by atoms with van der Waals surface area (Å²) in [5.74, 6) is 1.61. The first-order chi connectivity index (χ1) is 5.24. The average Bonchev–Trinajstić information content (AvgIpc) is 2.03. The maximum Gasteiger partial charge on any atom is 0.155 e. The van der Waals surface area contributed by atoms with Crippen molar-refractivity contribution in [3.05, 3.63) is 12.2 Å². The molecule has 0 N–H and O–H groups in total. The Labute approximate surface area is 68.5 Å². The summed E-state index contributed by atoms with van der Waals surface area (Å²) in [6, 6.07) is 0. The fourth-order valence-corrected chi connectivity index (χ4v) is 1.55. The van der Waals surface area contributed by atoms with Gasteiger partial charge >= 0.3 is 0 Å². The standard InChI is InChI=1S/C10H16O/c1-3-8(2)9-5-4-6-10(11)7-9/h4,6,8-9H,3,5,7H2,1-2H3/t8?,9-/m1/s1. The SMILES string of the molecule is CCC(C)[C@@H]1CC=CC(=O)C1. The minimum absolute atomic E-state index is 0.307. The Hall–Kier alpha value is -0.590. The highest BCUT2D eigenvalue weighted by Crippen LogP contribution is 2.25. The lowest BCUT2D eigenvalue weighted by Gasteiger charge is -2.22. The molecule has 0 fully saturated rings. The maximum atomic E-state index is 11.0. The van der Waals surface area contributed by atoms with Crippen molar-refractivity contribution in [3.8, 4) is 0 Å². The molecule has 0 amide bonds. The van der Waals surface area contributed by atoms with Crippen LogP contribution < -0.4 is 0 Å². The number of allylic oxidation sites excluding steroid dienone is 2. The average molecular weight is 152 g/mol. The van der Waals surface area contributed by atoms with Gasteiger partial charge in [-0.25, -0.2) is 0 Å². The number of hydrogen-bond donors (Lipinski definition) is 0. The summed E-state index contributed by atoms with van der Waals surface area (Å²) in [6.45, 7) is 4.42. The highest BCUT2D eigenvalue weighted by molar-refractivity contribution is 5.90. The fraction of sp³-hybridized carbons (Fsp3) is 0.700. The second-order valence-electron chi connectivity index (χ2n) is 3.45. The number of carbonyl (C=O) groups is 1. The van der Waals surface area contributed by atoms with Gasteiger partial charge in [-0.15, -0.1) is 0 Å². The largest absolute Gasteiger partial charge is 0.295 e. The Morgan fingerprint density at radius 3 is 3.00 bits per heavy atom. The summed E-state index contributed by atoms with van der Waals surface area (Å²) < 4.78 is 0. The summed E-state index contributed by atoms with van der Waals surface area (Å²) in [7, 11) is 0. The van der Waals surface area contributed by atoms with E-state index in [2.05, 4.69) is 13.8 Å². The Bertz CT molecular complexity index is 170. The molecule has 0 bridgehead atoms. The van der Waals surface area contributed by atoms with E-state index in [-0.39, 0.29) is 0 Å². The third-order valence-electron chi connectivity index (χ3n) is 2.65. The van der Waals surface area contributed by atoms with Crippen molar-refractivity contribution in [1.82, 2.24) is 0 Å². The molecule has 1 unspecified atom stereocenters. The first-order valence-electron chi connectivity index (χ1n) is 4.43. The molecule has 1 aliphatic rings. The monoisotopic (exact) mass is 152 g/mol. The molecule has 0 aromatic carbocycles. The number of carbonyl (C=O) groups excluding carboxylic acids is 1. The summed E-state index contributed by atoms with van der Waals surface area (Å²) in [4.78, 5) is 11.0. The molecule has 0 spiro atoms. The van der Waals surface area contributed by atoms with Crippen LogP contribution in [0.3, 0.4) is 0 Å². The van der Waals surface area contributed by atoms with E-state index < -0.39 is 0 Å². The second-order valence-corrected chi connectivity index (χ2v) is 3.45. The molecule has 11 heavy (non-hydrogen) atoms. The van der Waals surface area contributed by atoms with Crippen LogP contribution in [0.5, 0.6) is 0 Å². The van der Waals surface area contributed by atoms with Crippen molar-refractivity contribution in [2.24, 2.45) is 11.8 Å². The van der Waals surface area contributed by atoms with Gasteiger partial charge in [0.2, 0.25) is 0 Å². The van der Waals surface area contributed by atoms with Gasteiger partial charge in [-0.2, -0.15) is 0 Å². The normalized spacial score (nSPS) is 27.1. The predicted molar refractivity (Wildman–Crippen MR) is 46.3 cm³/mol. The minimum atomic E-state index is 0.307. The van der Waals surface area contributed by atoms with E-state index in [0.29, 0.717) is 17.6 Å². The van der Waals surface area contributed by atoms with Crippen LogP contribution in [-0.2, 0) is 4.79 Å². The Balaban J connectivity index is 2.49. The second kappa shape index (κ2) is 3.70. The molecule has 0 heterocycles. The fourth-order valence-electron chi connectivity index (χ4n) is 1.55. The molecule has 0 radical (unpaired) electrons. The van der Waals surface area contributed by atoms with E-state index in [4.69, 9.17) is 0 Å². The Morgan fingerprint density at radius 2 is 2.45 bits per heavy atom. The number of hydrogen-bond acceptors (Lipinski definition) is 1. The van der Waals surface area contributed by atoms with Gasteiger partial charge in [-0.05, 0) is 24.3 Å². The van der Waals surface area contributed by atoms with E-state index in [9.17, 15) is 4.79 Å². The van der Waals surface area contributed by atoms with Crippen LogP contribution in [0.15, 0.2) is 12.2 Å². The molecular formula is C10H16O. The van der Waals surface area contributed by atoms with Crippen molar-refractivity contribution < 1.29 is 4.79 Å². The molecular weight excluding hydrogens is 136 g/mol. The third-order valence-corrected chi connectivity index (χ3v) is 2.65. The molecule has 1 heteroatoms. The van der Waals surface area contributed by atoms with Crippen molar-refractivity contribution in [1.29, 1.82) is 0 Å². The molecule has 2 atom stereocenters. The van der Waals surface area contributed by atoms with E-state index in [0.717, 1.165) is 12.8 Å². The van der Waals surface area contributed by atoms with Gasteiger partial charge in [0.1, 0.15) is 0 Å². The van der Waals surface area contributed by atoms with Gasteiger partial charge in [0, 0.05) is 6.42 Å². The topological polar surface area (TPSA) is 17.1 Å². The van der Waals surface area contributed by atoms with E-state index in [1.54, 1.807) is 6.08 Å². The van der Waals surface area contributed by atoms with Crippen molar-refractivity contribution in [2.45, 2.75) is 33.1 Å². The molecule has 0 aromatic rings. The van der Waals surface area contributed by atoms with Crippen LogP contribution in [0.1, 0.15) is 33.1 Å². The molecule has 0 aliphatic heterocycles. The Kier molecular flexibility index (Phi) is 2.86. The summed E-state index contributed by atoms with van der Waals surface area (Å²) in [5, 5.41) is 0. The number of ketones is 1. The van der Waals surface area contributed by atoms with Crippen molar-refractivity contribution >= 4 is 5.78 Å². The van der Waals surface area contributed by atoms with Crippen LogP contribution in [-0.4, -0.2) is 5.78 Å². The van der Waals surface area contributed by atoms with Crippen LogP contribution in [0.4, 0.5) is 0 Å². The van der Waals surface area contributed by atoms with E-state index in [1.165, 1.54) is 6.42 Å². The lowest BCUT2D eigenvalue weighted by Crippen LogP contribution is -2.17. The lowest BCUT2D eigenvalue weighted by atomic mass is 9.82. The van der Waals surface area contributed by atoms with Gasteiger partial charge in [0.15, 0.2) is 5.78 Å². The highest BCUT2D eigenvalue weighted by atomic mass is 16.1. The summed E-state index contributed by atoms with van der Waals surface area (Å²) >= 11 is 0. The highest BCUT2D eigenvalue weighted by Gasteiger charge is 2.19. The molecule has 62 valence electrons.